The summed E-state index contributed by atoms with van der Waals surface area (Å²) in [5.41, 5.74) is -0.618. The molecule has 0 atom stereocenters. The summed E-state index contributed by atoms with van der Waals surface area (Å²) < 4.78 is 14.3. The Morgan fingerprint density at radius 2 is 2.00 bits per heavy atom. The molecule has 14 heavy (non-hydrogen) atoms. The first-order valence-electron chi connectivity index (χ1n) is 4.11. The van der Waals surface area contributed by atoms with Crippen molar-refractivity contribution >= 4 is 12.1 Å². The van der Waals surface area contributed by atoms with E-state index in [4.69, 9.17) is 4.74 Å². The molecule has 1 aliphatic rings. The predicted octanol–water partition coefficient (Wildman–Crippen LogP) is 1.03. The molecule has 0 aromatic carbocycles. The molecule has 0 aromatic heterocycles. The molecule has 0 spiro atoms. The van der Waals surface area contributed by atoms with Crippen LogP contribution in [0.25, 0.3) is 0 Å². The van der Waals surface area contributed by atoms with Gasteiger partial charge < -0.3 is 14.2 Å². The van der Waals surface area contributed by atoms with E-state index in [2.05, 4.69) is 16.1 Å². The summed E-state index contributed by atoms with van der Waals surface area (Å²) in [6.45, 7) is 6.62. The van der Waals surface area contributed by atoms with Crippen molar-refractivity contribution in [3.8, 4) is 0 Å². The van der Waals surface area contributed by atoms with Crippen LogP contribution < -0.4 is 0 Å². The molecule has 1 rings (SSSR count). The van der Waals surface area contributed by atoms with Gasteiger partial charge in [-0.2, -0.15) is 0 Å². The second-order valence-corrected chi connectivity index (χ2v) is 3.45. The molecule has 1 aliphatic heterocycles. The first-order valence-corrected chi connectivity index (χ1v) is 4.11. The van der Waals surface area contributed by atoms with Crippen LogP contribution in [0.3, 0.4) is 0 Å². The van der Waals surface area contributed by atoms with Gasteiger partial charge in [-0.3, -0.25) is 0 Å². The van der Waals surface area contributed by atoms with Gasteiger partial charge in [0.25, 0.3) is 0 Å². The molecule has 5 nitrogen and oxygen atoms in total. The van der Waals surface area contributed by atoms with E-state index in [1.54, 1.807) is 13.8 Å². The van der Waals surface area contributed by atoms with Gasteiger partial charge in [-0.1, -0.05) is 6.58 Å². The Morgan fingerprint density at radius 3 is 2.43 bits per heavy atom. The Balaban J connectivity index is 2.54. The van der Waals surface area contributed by atoms with Crippen LogP contribution in [0.1, 0.15) is 13.8 Å². The summed E-state index contributed by atoms with van der Waals surface area (Å²) >= 11 is 0. The number of rotatable bonds is 2. The van der Waals surface area contributed by atoms with Gasteiger partial charge in [-0.25, -0.2) is 9.59 Å². The highest BCUT2D eigenvalue weighted by Crippen LogP contribution is 2.18. The fourth-order valence-corrected chi connectivity index (χ4v) is 0.876. The lowest BCUT2D eigenvalue weighted by molar-refractivity contribution is -0.173. The molecule has 1 fully saturated rings. The maximum absolute atomic E-state index is 11.2. The molecule has 1 heterocycles. The van der Waals surface area contributed by atoms with Crippen LogP contribution in [-0.2, 0) is 19.0 Å². The molecule has 0 amide bonds. The SMILES string of the molecule is C=C(C)C(=O)OC1(C)COC(=O)OC1. The maximum atomic E-state index is 11.2. The number of hydrogen-bond donors (Lipinski definition) is 0. The van der Waals surface area contributed by atoms with Gasteiger partial charge in [0.1, 0.15) is 13.2 Å². The van der Waals surface area contributed by atoms with Crippen LogP contribution in [-0.4, -0.2) is 30.9 Å². The van der Waals surface area contributed by atoms with Gasteiger partial charge in [0, 0.05) is 5.57 Å². The second-order valence-electron chi connectivity index (χ2n) is 3.45. The molecule has 78 valence electrons. The van der Waals surface area contributed by atoms with E-state index in [0.29, 0.717) is 5.57 Å². The molecule has 0 saturated carbocycles. The number of hydrogen-bond acceptors (Lipinski definition) is 5. The molecule has 0 radical (unpaired) electrons. The fourth-order valence-electron chi connectivity index (χ4n) is 0.876. The summed E-state index contributed by atoms with van der Waals surface area (Å²) in [4.78, 5) is 21.7. The molecular formula is C9H12O5. The second kappa shape index (κ2) is 3.69. The van der Waals surface area contributed by atoms with Crippen LogP contribution in [0.15, 0.2) is 12.2 Å². The van der Waals surface area contributed by atoms with Gasteiger partial charge in [0.2, 0.25) is 0 Å². The van der Waals surface area contributed by atoms with Gasteiger partial charge in [0.15, 0.2) is 5.60 Å². The lowest BCUT2D eigenvalue weighted by Gasteiger charge is -2.31. The van der Waals surface area contributed by atoms with Crippen molar-refractivity contribution in [2.45, 2.75) is 19.4 Å². The van der Waals surface area contributed by atoms with Crippen LogP contribution in [0.4, 0.5) is 4.79 Å². The third-order valence-electron chi connectivity index (χ3n) is 1.68. The van der Waals surface area contributed by atoms with Crippen molar-refractivity contribution in [3.05, 3.63) is 12.2 Å². The molecule has 0 N–H and O–H groups in total. The fraction of sp³-hybridized carbons (Fsp3) is 0.556. The molecule has 1 saturated heterocycles. The molecular weight excluding hydrogens is 188 g/mol. The first-order chi connectivity index (χ1) is 6.43. The van der Waals surface area contributed by atoms with Crippen molar-refractivity contribution in [1.82, 2.24) is 0 Å². The number of esters is 1. The summed E-state index contributed by atoms with van der Waals surface area (Å²) in [6.07, 6.45) is -0.742. The molecule has 5 heteroatoms. The summed E-state index contributed by atoms with van der Waals surface area (Å²) in [6, 6.07) is 0. The highest BCUT2D eigenvalue weighted by atomic mass is 16.8. The maximum Gasteiger partial charge on any atom is 0.508 e. The Hall–Kier alpha value is -1.52. The largest absolute Gasteiger partial charge is 0.508 e. The van der Waals surface area contributed by atoms with Crippen molar-refractivity contribution in [1.29, 1.82) is 0 Å². The molecule has 0 bridgehead atoms. The highest BCUT2D eigenvalue weighted by molar-refractivity contribution is 5.87. The van der Waals surface area contributed by atoms with Crippen molar-refractivity contribution in [3.63, 3.8) is 0 Å². The normalized spacial score (nSPS) is 19.1. The lowest BCUT2D eigenvalue weighted by atomic mass is 10.1. The zero-order valence-electron chi connectivity index (χ0n) is 8.16. The molecule has 0 aromatic rings. The van der Waals surface area contributed by atoms with Gasteiger partial charge in [-0.05, 0) is 13.8 Å². The van der Waals surface area contributed by atoms with E-state index in [1.165, 1.54) is 0 Å². The molecule has 0 aliphatic carbocycles. The van der Waals surface area contributed by atoms with Crippen LogP contribution >= 0.6 is 0 Å². The van der Waals surface area contributed by atoms with Crippen LogP contribution in [0.2, 0.25) is 0 Å². The standard InChI is InChI=1S/C9H12O5/c1-6(2)7(10)14-9(3)4-12-8(11)13-5-9/h1,4-5H2,2-3H3. The third-order valence-corrected chi connectivity index (χ3v) is 1.68. The van der Waals surface area contributed by atoms with Gasteiger partial charge >= 0.3 is 12.1 Å². The topological polar surface area (TPSA) is 61.8 Å². The average Bonchev–Trinajstić information content (AvgIpc) is 2.10. The predicted molar refractivity (Wildman–Crippen MR) is 46.6 cm³/mol. The number of ether oxygens (including phenoxy) is 3. The van der Waals surface area contributed by atoms with Crippen LogP contribution in [0, 0.1) is 0 Å². The van der Waals surface area contributed by atoms with Crippen molar-refractivity contribution < 1.29 is 23.8 Å². The zero-order valence-corrected chi connectivity index (χ0v) is 8.16. The minimum absolute atomic E-state index is 0.00481. The summed E-state index contributed by atoms with van der Waals surface area (Å²) in [5, 5.41) is 0. The zero-order chi connectivity index (χ0) is 10.8. The van der Waals surface area contributed by atoms with Crippen molar-refractivity contribution in [2.24, 2.45) is 0 Å². The molecule has 0 unspecified atom stereocenters. The highest BCUT2D eigenvalue weighted by Gasteiger charge is 2.36. The van der Waals surface area contributed by atoms with E-state index in [9.17, 15) is 9.59 Å². The lowest BCUT2D eigenvalue weighted by Crippen LogP contribution is -2.46. The summed E-state index contributed by atoms with van der Waals surface area (Å²) in [5.74, 6) is -0.519. The van der Waals surface area contributed by atoms with E-state index >= 15 is 0 Å². The van der Waals surface area contributed by atoms with Crippen molar-refractivity contribution in [2.75, 3.05) is 13.2 Å². The van der Waals surface area contributed by atoms with E-state index in [1.807, 2.05) is 0 Å². The minimum atomic E-state index is -0.913. The van der Waals surface area contributed by atoms with Crippen LogP contribution in [0.5, 0.6) is 0 Å². The smallest absolute Gasteiger partial charge is 0.449 e. The quantitative estimate of drug-likeness (QED) is 0.492. The Bertz CT molecular complexity index is 271. The Morgan fingerprint density at radius 1 is 1.50 bits per heavy atom. The monoisotopic (exact) mass is 200 g/mol. The number of carbonyl (C=O) groups excluding carboxylic acids is 2. The Labute approximate surface area is 81.6 Å². The first kappa shape index (κ1) is 10.6. The van der Waals surface area contributed by atoms with Gasteiger partial charge in [-0.15, -0.1) is 0 Å². The average molecular weight is 200 g/mol. The Kier molecular flexibility index (Phi) is 2.78. The van der Waals surface area contributed by atoms with Gasteiger partial charge in [0.05, 0.1) is 0 Å². The summed E-state index contributed by atoms with van der Waals surface area (Å²) in [7, 11) is 0. The minimum Gasteiger partial charge on any atom is -0.449 e. The van der Waals surface area contributed by atoms with E-state index in [-0.39, 0.29) is 13.2 Å². The number of cyclic esters (lactones) is 2. The number of carbonyl (C=O) groups is 2. The van der Waals surface area contributed by atoms with E-state index < -0.39 is 17.7 Å². The third kappa shape index (κ3) is 2.48. The van der Waals surface area contributed by atoms with E-state index in [0.717, 1.165) is 0 Å².